The Kier molecular flexibility index (Phi) is 4.47. The third-order valence-corrected chi connectivity index (χ3v) is 4.14. The summed E-state index contributed by atoms with van der Waals surface area (Å²) in [5.74, 6) is -1.21. The van der Waals surface area contributed by atoms with Gasteiger partial charge in [-0.15, -0.1) is 0 Å². The van der Waals surface area contributed by atoms with Crippen molar-refractivity contribution in [2.24, 2.45) is 0 Å². The van der Waals surface area contributed by atoms with E-state index in [1.165, 1.54) is 17.2 Å². The van der Waals surface area contributed by atoms with Crippen molar-refractivity contribution < 1.29 is 14.4 Å². The van der Waals surface area contributed by atoms with Crippen LogP contribution in [0.3, 0.4) is 0 Å². The van der Waals surface area contributed by atoms with Gasteiger partial charge in [-0.25, -0.2) is 4.98 Å². The van der Waals surface area contributed by atoms with Crippen molar-refractivity contribution in [2.75, 3.05) is 26.2 Å². The minimum Gasteiger partial charge on any atom is -0.345 e. The van der Waals surface area contributed by atoms with Gasteiger partial charge in [0, 0.05) is 44.0 Å². The maximum atomic E-state index is 12.4. The molecule has 8 heteroatoms. The van der Waals surface area contributed by atoms with E-state index in [1.807, 2.05) is 0 Å². The van der Waals surface area contributed by atoms with Crippen LogP contribution in [0.25, 0.3) is 0 Å². The van der Waals surface area contributed by atoms with Gasteiger partial charge < -0.3 is 15.1 Å². The highest BCUT2D eigenvalue weighted by Crippen LogP contribution is 2.18. The predicted molar refractivity (Wildman–Crippen MR) is 82.9 cm³/mol. The van der Waals surface area contributed by atoms with Crippen LogP contribution in [0.15, 0.2) is 18.3 Å². The first-order chi connectivity index (χ1) is 11.0. The molecule has 1 N–H and O–H groups in total. The number of rotatable bonds is 2. The van der Waals surface area contributed by atoms with E-state index < -0.39 is 11.8 Å². The molecule has 0 aromatic carbocycles. The lowest BCUT2D eigenvalue weighted by Crippen LogP contribution is -2.54. The van der Waals surface area contributed by atoms with E-state index in [9.17, 15) is 14.4 Å². The second kappa shape index (κ2) is 6.54. The van der Waals surface area contributed by atoms with Crippen LogP contribution in [0, 0.1) is 0 Å². The highest BCUT2D eigenvalue weighted by atomic mass is 35.5. The minimum atomic E-state index is -0.548. The fraction of sp³-hybridized carbons (Fsp3) is 0.467. The number of halogens is 1. The smallest absolute Gasteiger partial charge is 0.312 e. The van der Waals surface area contributed by atoms with E-state index in [-0.39, 0.29) is 17.1 Å². The Hall–Kier alpha value is -2.15. The molecule has 1 saturated heterocycles. The number of carbonyl (C=O) groups is 3. The molecule has 1 aromatic rings. The zero-order valence-corrected chi connectivity index (χ0v) is 13.3. The summed E-state index contributed by atoms with van der Waals surface area (Å²) in [5.41, 5.74) is 0.469. The minimum absolute atomic E-state index is 0.149. The molecule has 7 nitrogen and oxygen atoms in total. The monoisotopic (exact) mass is 336 g/mol. The van der Waals surface area contributed by atoms with Crippen LogP contribution in [0.4, 0.5) is 0 Å². The first-order valence-electron chi connectivity index (χ1n) is 7.55. The molecule has 0 unspecified atom stereocenters. The lowest BCUT2D eigenvalue weighted by molar-refractivity contribution is -0.146. The number of amides is 3. The van der Waals surface area contributed by atoms with Gasteiger partial charge in [0.1, 0.15) is 5.15 Å². The van der Waals surface area contributed by atoms with Crippen LogP contribution >= 0.6 is 11.6 Å². The zero-order valence-electron chi connectivity index (χ0n) is 12.5. The molecule has 1 saturated carbocycles. The Bertz CT molecular complexity index is 639. The van der Waals surface area contributed by atoms with Gasteiger partial charge in [0.2, 0.25) is 0 Å². The SMILES string of the molecule is O=C(NC1CC1)C(=O)N1CCN(C(=O)c2ccnc(Cl)c2)CC1. The fourth-order valence-corrected chi connectivity index (χ4v) is 2.62. The molecule has 3 amide bonds. The second-order valence-corrected chi connectivity index (χ2v) is 6.09. The van der Waals surface area contributed by atoms with Gasteiger partial charge in [0.15, 0.2) is 0 Å². The van der Waals surface area contributed by atoms with Gasteiger partial charge in [0.25, 0.3) is 5.91 Å². The van der Waals surface area contributed by atoms with Crippen LogP contribution in [0.2, 0.25) is 5.15 Å². The number of pyridine rings is 1. The van der Waals surface area contributed by atoms with Crippen molar-refractivity contribution >= 4 is 29.3 Å². The largest absolute Gasteiger partial charge is 0.345 e. The Labute approximate surface area is 138 Å². The third kappa shape index (κ3) is 3.79. The van der Waals surface area contributed by atoms with Crippen LogP contribution in [0.1, 0.15) is 23.2 Å². The van der Waals surface area contributed by atoms with E-state index in [0.717, 1.165) is 12.8 Å². The van der Waals surface area contributed by atoms with E-state index >= 15 is 0 Å². The Morgan fingerprint density at radius 1 is 1.13 bits per heavy atom. The lowest BCUT2D eigenvalue weighted by Gasteiger charge is -2.34. The summed E-state index contributed by atoms with van der Waals surface area (Å²) >= 11 is 5.79. The summed E-state index contributed by atoms with van der Waals surface area (Å²) in [7, 11) is 0. The van der Waals surface area contributed by atoms with Crippen LogP contribution < -0.4 is 5.32 Å². The van der Waals surface area contributed by atoms with Gasteiger partial charge in [-0.2, -0.15) is 0 Å². The summed E-state index contributed by atoms with van der Waals surface area (Å²) in [6.07, 6.45) is 3.36. The first-order valence-corrected chi connectivity index (χ1v) is 7.93. The molecule has 2 aliphatic rings. The lowest BCUT2D eigenvalue weighted by atomic mass is 10.2. The number of hydrogen-bond acceptors (Lipinski definition) is 4. The fourth-order valence-electron chi connectivity index (χ4n) is 2.45. The van der Waals surface area contributed by atoms with Gasteiger partial charge in [0.05, 0.1) is 0 Å². The summed E-state index contributed by atoms with van der Waals surface area (Å²) in [4.78, 5) is 43.2. The van der Waals surface area contributed by atoms with Crippen molar-refractivity contribution in [3.63, 3.8) is 0 Å². The average Bonchev–Trinajstić information content (AvgIpc) is 3.37. The number of piperazine rings is 1. The molecule has 1 aliphatic carbocycles. The Morgan fingerprint density at radius 3 is 2.39 bits per heavy atom. The summed E-state index contributed by atoms with van der Waals surface area (Å²) in [6, 6.07) is 3.28. The van der Waals surface area contributed by atoms with E-state index in [0.29, 0.717) is 31.7 Å². The summed E-state index contributed by atoms with van der Waals surface area (Å²) < 4.78 is 0. The Morgan fingerprint density at radius 2 is 1.78 bits per heavy atom. The number of hydrogen-bond donors (Lipinski definition) is 1. The molecule has 0 atom stereocenters. The van der Waals surface area contributed by atoms with Gasteiger partial charge in [-0.3, -0.25) is 14.4 Å². The molecule has 0 spiro atoms. The van der Waals surface area contributed by atoms with E-state index in [1.54, 1.807) is 11.0 Å². The standard InChI is InChI=1S/C15H17ClN4O3/c16-12-9-10(3-4-17-12)14(22)19-5-7-20(8-6-19)15(23)13(21)18-11-1-2-11/h3-4,9,11H,1-2,5-8H2,(H,18,21). The van der Waals surface area contributed by atoms with Crippen molar-refractivity contribution in [3.8, 4) is 0 Å². The van der Waals surface area contributed by atoms with E-state index in [4.69, 9.17) is 11.6 Å². The van der Waals surface area contributed by atoms with Crippen LogP contribution in [0.5, 0.6) is 0 Å². The number of aromatic nitrogens is 1. The molecule has 0 radical (unpaired) electrons. The third-order valence-electron chi connectivity index (χ3n) is 3.93. The molecule has 0 bridgehead atoms. The Balaban J connectivity index is 1.54. The number of nitrogens with zero attached hydrogens (tertiary/aromatic N) is 3. The molecule has 2 heterocycles. The van der Waals surface area contributed by atoms with Gasteiger partial charge in [-0.1, -0.05) is 11.6 Å². The highest BCUT2D eigenvalue weighted by Gasteiger charge is 2.31. The molecule has 3 rings (SSSR count). The number of nitrogens with one attached hydrogen (secondary N) is 1. The molecule has 23 heavy (non-hydrogen) atoms. The van der Waals surface area contributed by atoms with Gasteiger partial charge >= 0.3 is 11.8 Å². The van der Waals surface area contributed by atoms with E-state index in [2.05, 4.69) is 10.3 Å². The van der Waals surface area contributed by atoms with Crippen LogP contribution in [-0.2, 0) is 9.59 Å². The highest BCUT2D eigenvalue weighted by molar-refractivity contribution is 6.35. The number of carbonyl (C=O) groups excluding carboxylic acids is 3. The quantitative estimate of drug-likeness (QED) is 0.622. The molecule has 1 aliphatic heterocycles. The van der Waals surface area contributed by atoms with Crippen molar-refractivity contribution in [1.82, 2.24) is 20.1 Å². The maximum Gasteiger partial charge on any atom is 0.312 e. The van der Waals surface area contributed by atoms with Crippen molar-refractivity contribution in [1.29, 1.82) is 0 Å². The van der Waals surface area contributed by atoms with Gasteiger partial charge in [-0.05, 0) is 25.0 Å². The molecular weight excluding hydrogens is 320 g/mol. The first kappa shape index (κ1) is 15.7. The molecule has 1 aromatic heterocycles. The van der Waals surface area contributed by atoms with Crippen LogP contribution in [-0.4, -0.2) is 64.7 Å². The summed E-state index contributed by atoms with van der Waals surface area (Å²) in [6.45, 7) is 1.48. The zero-order chi connectivity index (χ0) is 16.4. The van der Waals surface area contributed by atoms with Crippen molar-refractivity contribution in [2.45, 2.75) is 18.9 Å². The van der Waals surface area contributed by atoms with Crippen molar-refractivity contribution in [3.05, 3.63) is 29.0 Å². The molecular formula is C15H17ClN4O3. The average molecular weight is 337 g/mol. The topological polar surface area (TPSA) is 82.6 Å². The molecule has 122 valence electrons. The second-order valence-electron chi connectivity index (χ2n) is 5.70. The molecule has 2 fully saturated rings. The maximum absolute atomic E-state index is 12.4. The predicted octanol–water partition coefficient (Wildman–Crippen LogP) is 0.298. The summed E-state index contributed by atoms with van der Waals surface area (Å²) in [5, 5.41) is 2.95. The normalized spacial score (nSPS) is 17.8.